The van der Waals surface area contributed by atoms with E-state index in [0.29, 0.717) is 18.5 Å². The third kappa shape index (κ3) is 2.91. The van der Waals surface area contributed by atoms with E-state index in [2.05, 4.69) is 3.53 Å². The molecule has 0 radical (unpaired) electrons. The van der Waals surface area contributed by atoms with Gasteiger partial charge in [-0.1, -0.05) is 0 Å². The SMILES string of the molecule is CSCCC(C=O)(NI)C(=O)O. The van der Waals surface area contributed by atoms with Crippen molar-refractivity contribution in [2.24, 2.45) is 0 Å². The van der Waals surface area contributed by atoms with E-state index in [4.69, 9.17) is 5.11 Å². The van der Waals surface area contributed by atoms with Gasteiger partial charge in [-0.25, -0.2) is 8.32 Å². The van der Waals surface area contributed by atoms with E-state index in [-0.39, 0.29) is 0 Å². The molecule has 0 aromatic carbocycles. The number of carbonyl (C=O) groups excluding carboxylic acids is 1. The first-order valence-electron chi connectivity index (χ1n) is 3.19. The van der Waals surface area contributed by atoms with Crippen molar-refractivity contribution in [1.29, 1.82) is 0 Å². The van der Waals surface area contributed by atoms with Gasteiger partial charge in [0.05, 0.1) is 0 Å². The number of carboxylic acids is 1. The van der Waals surface area contributed by atoms with Gasteiger partial charge in [-0.3, -0.25) is 0 Å². The number of halogens is 1. The Labute approximate surface area is 89.0 Å². The maximum atomic E-state index is 10.7. The predicted octanol–water partition coefficient (Wildman–Crippen LogP) is 0.701. The van der Waals surface area contributed by atoms with Crippen LogP contribution in [0.3, 0.4) is 0 Å². The minimum Gasteiger partial charge on any atom is -0.480 e. The molecule has 6 heteroatoms. The molecule has 0 saturated heterocycles. The highest BCUT2D eigenvalue weighted by Crippen LogP contribution is 2.13. The molecule has 1 atom stereocenters. The fourth-order valence-electron chi connectivity index (χ4n) is 0.589. The molecule has 0 heterocycles. The van der Waals surface area contributed by atoms with E-state index in [1.807, 2.05) is 6.26 Å². The predicted molar refractivity (Wildman–Crippen MR) is 56.6 cm³/mol. The van der Waals surface area contributed by atoms with Crippen LogP contribution in [0.4, 0.5) is 0 Å². The van der Waals surface area contributed by atoms with E-state index in [1.54, 1.807) is 22.9 Å². The summed E-state index contributed by atoms with van der Waals surface area (Å²) in [5.74, 6) is -0.484. The average Bonchev–Trinajstić information content (AvgIpc) is 2.07. The van der Waals surface area contributed by atoms with Gasteiger partial charge in [0.2, 0.25) is 0 Å². The quantitative estimate of drug-likeness (QED) is 0.327. The molecule has 0 aliphatic heterocycles. The van der Waals surface area contributed by atoms with Crippen molar-refractivity contribution in [2.45, 2.75) is 12.0 Å². The number of carbonyl (C=O) groups is 2. The van der Waals surface area contributed by atoms with Crippen LogP contribution >= 0.6 is 34.6 Å². The fourth-order valence-corrected chi connectivity index (χ4v) is 1.74. The molecule has 2 N–H and O–H groups in total. The second-order valence-electron chi connectivity index (χ2n) is 2.23. The van der Waals surface area contributed by atoms with Crippen LogP contribution in [-0.2, 0) is 9.59 Å². The number of aliphatic carboxylic acids is 1. The van der Waals surface area contributed by atoms with E-state index >= 15 is 0 Å². The maximum absolute atomic E-state index is 10.7. The molecule has 0 fully saturated rings. The Kier molecular flexibility index (Phi) is 5.85. The molecular formula is C6H10INO3S. The van der Waals surface area contributed by atoms with Crippen LogP contribution in [0.2, 0.25) is 0 Å². The number of nitrogens with one attached hydrogen (secondary N) is 1. The van der Waals surface area contributed by atoms with Crippen LogP contribution in [0.5, 0.6) is 0 Å². The van der Waals surface area contributed by atoms with Crippen molar-refractivity contribution < 1.29 is 14.7 Å². The summed E-state index contributed by atoms with van der Waals surface area (Å²) in [6.07, 6.45) is 2.61. The van der Waals surface area contributed by atoms with Gasteiger partial charge in [0, 0.05) is 22.9 Å². The molecule has 0 rings (SSSR count). The lowest BCUT2D eigenvalue weighted by atomic mass is 10.0. The molecule has 0 amide bonds. The molecule has 0 aromatic heterocycles. The average molecular weight is 303 g/mol. The van der Waals surface area contributed by atoms with E-state index in [9.17, 15) is 9.59 Å². The zero-order valence-corrected chi connectivity index (χ0v) is 9.52. The minimum atomic E-state index is -1.41. The fraction of sp³-hybridized carbons (Fsp3) is 0.667. The van der Waals surface area contributed by atoms with Crippen LogP contribution in [-0.4, -0.2) is 34.9 Å². The number of hydrogen-bond acceptors (Lipinski definition) is 4. The summed E-state index contributed by atoms with van der Waals surface area (Å²) in [5.41, 5.74) is -1.41. The Morgan fingerprint density at radius 1 is 1.83 bits per heavy atom. The van der Waals surface area contributed by atoms with Gasteiger partial charge in [0.1, 0.15) is 0 Å². The van der Waals surface area contributed by atoms with E-state index < -0.39 is 11.5 Å². The van der Waals surface area contributed by atoms with Crippen LogP contribution in [0.25, 0.3) is 0 Å². The second kappa shape index (κ2) is 5.76. The molecule has 0 bridgehead atoms. The summed E-state index contributed by atoms with van der Waals surface area (Å²) in [6.45, 7) is 0. The first kappa shape index (κ1) is 12.2. The van der Waals surface area contributed by atoms with Crippen molar-refractivity contribution in [1.82, 2.24) is 3.53 Å². The molecule has 4 nitrogen and oxygen atoms in total. The highest BCUT2D eigenvalue weighted by Gasteiger charge is 2.36. The van der Waals surface area contributed by atoms with Crippen LogP contribution in [0.1, 0.15) is 6.42 Å². The summed E-state index contributed by atoms with van der Waals surface area (Å²) in [6, 6.07) is 0. The third-order valence-electron chi connectivity index (χ3n) is 1.45. The van der Waals surface area contributed by atoms with Gasteiger partial charge < -0.3 is 9.90 Å². The second-order valence-corrected chi connectivity index (χ2v) is 3.76. The Hall–Kier alpha value is 0.180. The monoisotopic (exact) mass is 303 g/mol. The van der Waals surface area contributed by atoms with Crippen LogP contribution in [0, 0.1) is 0 Å². The number of rotatable bonds is 6. The summed E-state index contributed by atoms with van der Waals surface area (Å²) in [5, 5.41) is 8.74. The van der Waals surface area contributed by atoms with Crippen molar-refractivity contribution in [3.63, 3.8) is 0 Å². The number of carboxylic acid groups (broad SMARTS) is 1. The molecule has 12 heavy (non-hydrogen) atoms. The first-order chi connectivity index (χ1) is 5.63. The molecule has 0 aliphatic rings. The van der Waals surface area contributed by atoms with Gasteiger partial charge in [-0.05, 0) is 18.4 Å². The first-order valence-corrected chi connectivity index (χ1v) is 5.66. The standard InChI is InChI=1S/C6H10INO3S/c1-12-3-2-6(4-9,8-7)5(10)11/h4,8H,2-3H2,1H3,(H,10,11). The zero-order chi connectivity index (χ0) is 9.61. The Bertz CT molecular complexity index is 178. The highest BCUT2D eigenvalue weighted by molar-refractivity contribution is 14.1. The molecular weight excluding hydrogens is 293 g/mol. The topological polar surface area (TPSA) is 66.4 Å². The van der Waals surface area contributed by atoms with Gasteiger partial charge in [-0.2, -0.15) is 11.8 Å². The van der Waals surface area contributed by atoms with Gasteiger partial charge in [0.25, 0.3) is 0 Å². The highest BCUT2D eigenvalue weighted by atomic mass is 127. The van der Waals surface area contributed by atoms with Crippen LogP contribution < -0.4 is 3.53 Å². The summed E-state index contributed by atoms with van der Waals surface area (Å²) in [7, 11) is 0. The molecule has 0 aromatic rings. The number of aldehydes is 1. The van der Waals surface area contributed by atoms with Crippen molar-refractivity contribution in [2.75, 3.05) is 12.0 Å². The largest absolute Gasteiger partial charge is 0.480 e. The molecule has 70 valence electrons. The third-order valence-corrected chi connectivity index (χ3v) is 3.03. The van der Waals surface area contributed by atoms with Crippen molar-refractivity contribution >= 4 is 46.9 Å². The smallest absolute Gasteiger partial charge is 0.332 e. The van der Waals surface area contributed by atoms with Crippen molar-refractivity contribution in [3.8, 4) is 0 Å². The van der Waals surface area contributed by atoms with Gasteiger partial charge >= 0.3 is 5.97 Å². The lowest BCUT2D eigenvalue weighted by Crippen LogP contribution is -2.49. The van der Waals surface area contributed by atoms with E-state index in [1.165, 1.54) is 11.8 Å². The van der Waals surface area contributed by atoms with Gasteiger partial charge in [-0.15, -0.1) is 0 Å². The molecule has 0 saturated carbocycles. The Balaban J connectivity index is 4.35. The molecule has 0 aliphatic carbocycles. The summed E-state index contributed by atoms with van der Waals surface area (Å²) >= 11 is 3.20. The minimum absolute atomic E-state index is 0.302. The van der Waals surface area contributed by atoms with Crippen LogP contribution in [0.15, 0.2) is 0 Å². The van der Waals surface area contributed by atoms with Crippen molar-refractivity contribution in [3.05, 3.63) is 0 Å². The zero-order valence-electron chi connectivity index (χ0n) is 6.54. The Morgan fingerprint density at radius 3 is 2.67 bits per heavy atom. The molecule has 0 spiro atoms. The van der Waals surface area contributed by atoms with Gasteiger partial charge in [0.15, 0.2) is 11.8 Å². The lowest BCUT2D eigenvalue weighted by Gasteiger charge is -2.20. The Morgan fingerprint density at radius 2 is 2.42 bits per heavy atom. The lowest BCUT2D eigenvalue weighted by molar-refractivity contribution is -0.145. The number of hydrogen-bond donors (Lipinski definition) is 2. The summed E-state index contributed by atoms with van der Waals surface area (Å²) in [4.78, 5) is 21.2. The normalized spacial score (nSPS) is 15.2. The summed E-state index contributed by atoms with van der Waals surface area (Å²) < 4.78 is 2.49. The molecule has 1 unspecified atom stereocenters. The number of thioether (sulfide) groups is 1. The maximum Gasteiger partial charge on any atom is 0.332 e. The van der Waals surface area contributed by atoms with E-state index in [0.717, 1.165) is 0 Å².